The highest BCUT2D eigenvalue weighted by Gasteiger charge is 2.16. The van der Waals surface area contributed by atoms with Crippen LogP contribution in [0.3, 0.4) is 0 Å². The van der Waals surface area contributed by atoms with E-state index in [9.17, 15) is 14.0 Å². The highest BCUT2D eigenvalue weighted by Crippen LogP contribution is 2.18. The number of hydrogen-bond acceptors (Lipinski definition) is 3. The number of carbonyl (C=O) groups is 1. The summed E-state index contributed by atoms with van der Waals surface area (Å²) in [5.41, 5.74) is 0.454. The first-order valence-electron chi connectivity index (χ1n) is 6.48. The van der Waals surface area contributed by atoms with Crippen LogP contribution in [0.2, 0.25) is 0 Å². The molecule has 2 rings (SSSR count). The lowest BCUT2D eigenvalue weighted by Gasteiger charge is -2.10. The Labute approximate surface area is 115 Å². The number of aromatic nitrogens is 1. The average molecular weight is 277 g/mol. The third-order valence-electron chi connectivity index (χ3n) is 3.23. The van der Waals surface area contributed by atoms with Crippen molar-refractivity contribution < 1.29 is 13.9 Å². The second kappa shape index (κ2) is 5.45. The van der Waals surface area contributed by atoms with Crippen LogP contribution < -0.4 is 5.43 Å². The van der Waals surface area contributed by atoms with Gasteiger partial charge in [0.05, 0.1) is 12.1 Å². The molecule has 0 N–H and O–H groups in total. The Morgan fingerprint density at radius 2 is 2.05 bits per heavy atom. The third-order valence-corrected chi connectivity index (χ3v) is 3.23. The van der Waals surface area contributed by atoms with Gasteiger partial charge >= 0.3 is 5.97 Å². The zero-order chi connectivity index (χ0) is 14.9. The molecule has 0 spiro atoms. The van der Waals surface area contributed by atoms with Gasteiger partial charge in [0.2, 0.25) is 5.43 Å². The topological polar surface area (TPSA) is 48.3 Å². The lowest BCUT2D eigenvalue weighted by molar-refractivity contribution is 0.0524. The zero-order valence-corrected chi connectivity index (χ0v) is 11.7. The van der Waals surface area contributed by atoms with Gasteiger partial charge in [-0.05, 0) is 31.0 Å². The molecule has 5 heteroatoms. The quantitative estimate of drug-likeness (QED) is 0.809. The summed E-state index contributed by atoms with van der Waals surface area (Å²) in [4.78, 5) is 24.1. The van der Waals surface area contributed by atoms with E-state index >= 15 is 0 Å². The van der Waals surface area contributed by atoms with E-state index in [-0.39, 0.29) is 18.0 Å². The van der Waals surface area contributed by atoms with Crippen molar-refractivity contribution in [3.8, 4) is 0 Å². The molecule has 1 aromatic carbocycles. The van der Waals surface area contributed by atoms with E-state index in [1.165, 1.54) is 18.3 Å². The molecule has 1 aromatic heterocycles. The van der Waals surface area contributed by atoms with Gasteiger partial charge in [-0.25, -0.2) is 9.18 Å². The fraction of sp³-hybridized carbons (Fsp3) is 0.333. The van der Waals surface area contributed by atoms with E-state index in [1.54, 1.807) is 18.5 Å². The van der Waals surface area contributed by atoms with Crippen molar-refractivity contribution in [2.75, 3.05) is 6.61 Å². The summed E-state index contributed by atoms with van der Waals surface area (Å²) in [7, 11) is 1.66. The van der Waals surface area contributed by atoms with Crippen molar-refractivity contribution in [2.45, 2.75) is 20.3 Å². The minimum Gasteiger partial charge on any atom is -0.462 e. The molecule has 0 saturated heterocycles. The molecule has 0 amide bonds. The number of ether oxygens (including phenoxy) is 1. The summed E-state index contributed by atoms with van der Waals surface area (Å²) in [6, 6.07) is 2.83. The Hall–Kier alpha value is -2.17. The van der Waals surface area contributed by atoms with E-state index in [0.29, 0.717) is 22.9 Å². The van der Waals surface area contributed by atoms with Gasteiger partial charge in [0, 0.05) is 18.6 Å². The maximum Gasteiger partial charge on any atom is 0.343 e. The summed E-state index contributed by atoms with van der Waals surface area (Å²) in [5, 5.41) is 0.330. The van der Waals surface area contributed by atoms with E-state index in [1.807, 2.05) is 6.92 Å². The summed E-state index contributed by atoms with van der Waals surface area (Å²) in [6.07, 6.45) is 1.86. The minimum atomic E-state index is -0.655. The first kappa shape index (κ1) is 14.2. The second-order valence-electron chi connectivity index (χ2n) is 4.52. The van der Waals surface area contributed by atoms with Gasteiger partial charge < -0.3 is 9.30 Å². The first-order valence-corrected chi connectivity index (χ1v) is 6.48. The molecule has 0 aliphatic heterocycles. The predicted octanol–water partition coefficient (Wildman–Crippen LogP) is 2.42. The normalized spacial score (nSPS) is 10.8. The Morgan fingerprint density at radius 1 is 1.35 bits per heavy atom. The fourth-order valence-electron chi connectivity index (χ4n) is 2.17. The lowest BCUT2D eigenvalue weighted by atomic mass is 10.1. The molecule has 0 bridgehead atoms. The third kappa shape index (κ3) is 2.31. The van der Waals surface area contributed by atoms with Gasteiger partial charge in [0.15, 0.2) is 0 Å². The number of hydrogen-bond donors (Lipinski definition) is 0. The number of aryl methyl sites for hydroxylation is 2. The molecule has 0 aliphatic carbocycles. The minimum absolute atomic E-state index is 0.0319. The van der Waals surface area contributed by atoms with Crippen LogP contribution in [0.15, 0.2) is 23.1 Å². The van der Waals surface area contributed by atoms with Crippen LogP contribution in [0, 0.1) is 5.82 Å². The molecular formula is C15H16FNO3. The lowest BCUT2D eigenvalue weighted by Crippen LogP contribution is -2.20. The molecule has 0 saturated carbocycles. The molecule has 0 unspecified atom stereocenters. The summed E-state index contributed by atoms with van der Waals surface area (Å²) >= 11 is 0. The number of fused-ring (bicyclic) bond motifs is 1. The molecular weight excluding hydrogens is 261 g/mol. The maximum atomic E-state index is 13.8. The summed E-state index contributed by atoms with van der Waals surface area (Å²) in [6.45, 7) is 3.68. The largest absolute Gasteiger partial charge is 0.462 e. The van der Waals surface area contributed by atoms with Gasteiger partial charge in [-0.3, -0.25) is 4.79 Å². The van der Waals surface area contributed by atoms with E-state index in [4.69, 9.17) is 4.74 Å². The molecule has 1 heterocycles. The molecule has 0 fully saturated rings. The number of carbonyl (C=O) groups excluding carboxylic acids is 1. The Kier molecular flexibility index (Phi) is 3.88. The Morgan fingerprint density at radius 3 is 2.65 bits per heavy atom. The smallest absolute Gasteiger partial charge is 0.343 e. The van der Waals surface area contributed by atoms with Crippen molar-refractivity contribution in [3.63, 3.8) is 0 Å². The van der Waals surface area contributed by atoms with E-state index in [2.05, 4.69) is 0 Å². The molecule has 0 radical (unpaired) electrons. The van der Waals surface area contributed by atoms with Crippen LogP contribution in [0.25, 0.3) is 10.9 Å². The van der Waals surface area contributed by atoms with Crippen LogP contribution in [0.4, 0.5) is 4.39 Å². The van der Waals surface area contributed by atoms with Gasteiger partial charge in [0.25, 0.3) is 0 Å². The van der Waals surface area contributed by atoms with E-state index in [0.717, 1.165) is 0 Å². The second-order valence-corrected chi connectivity index (χ2v) is 4.52. The molecule has 20 heavy (non-hydrogen) atoms. The van der Waals surface area contributed by atoms with Gasteiger partial charge in [-0.1, -0.05) is 6.92 Å². The Balaban J connectivity index is 2.77. The van der Waals surface area contributed by atoms with Crippen molar-refractivity contribution in [1.82, 2.24) is 4.57 Å². The van der Waals surface area contributed by atoms with Crippen LogP contribution in [-0.2, 0) is 18.2 Å². The van der Waals surface area contributed by atoms with Crippen molar-refractivity contribution in [3.05, 3.63) is 45.5 Å². The number of halogens is 1. The van der Waals surface area contributed by atoms with Gasteiger partial charge in [0.1, 0.15) is 11.4 Å². The fourth-order valence-corrected chi connectivity index (χ4v) is 2.17. The molecule has 0 atom stereocenters. The number of esters is 1. The average Bonchev–Trinajstić information content (AvgIpc) is 2.42. The SMILES string of the molecule is CCOC(=O)c1cn(C)c2cc(F)c(CC)cc2c1=O. The van der Waals surface area contributed by atoms with E-state index < -0.39 is 11.4 Å². The highest BCUT2D eigenvalue weighted by molar-refractivity contribution is 5.93. The standard InChI is InChI=1S/C15H16FNO3/c1-4-9-6-10-13(7-12(9)16)17(3)8-11(14(10)18)15(19)20-5-2/h6-8H,4-5H2,1-3H3. The first-order chi connectivity index (χ1) is 9.49. The molecule has 0 aliphatic rings. The predicted molar refractivity (Wildman–Crippen MR) is 74.5 cm³/mol. The van der Waals surface area contributed by atoms with Gasteiger partial charge in [-0.2, -0.15) is 0 Å². The van der Waals surface area contributed by atoms with Crippen LogP contribution in [0.5, 0.6) is 0 Å². The number of benzene rings is 1. The van der Waals surface area contributed by atoms with Crippen LogP contribution in [-0.4, -0.2) is 17.1 Å². The van der Waals surface area contributed by atoms with Crippen molar-refractivity contribution in [2.24, 2.45) is 7.05 Å². The number of rotatable bonds is 3. The molecule has 106 valence electrons. The zero-order valence-electron chi connectivity index (χ0n) is 11.7. The van der Waals surface area contributed by atoms with Crippen LogP contribution >= 0.6 is 0 Å². The maximum absolute atomic E-state index is 13.8. The number of nitrogens with zero attached hydrogens (tertiary/aromatic N) is 1. The molecule has 4 nitrogen and oxygen atoms in total. The summed E-state index contributed by atoms with van der Waals surface area (Å²) < 4.78 is 20.2. The van der Waals surface area contributed by atoms with Crippen molar-refractivity contribution in [1.29, 1.82) is 0 Å². The van der Waals surface area contributed by atoms with Gasteiger partial charge in [-0.15, -0.1) is 0 Å². The van der Waals surface area contributed by atoms with Crippen LogP contribution in [0.1, 0.15) is 29.8 Å². The number of pyridine rings is 1. The molecule has 2 aromatic rings. The summed E-state index contributed by atoms with van der Waals surface area (Å²) in [5.74, 6) is -1.00. The highest BCUT2D eigenvalue weighted by atomic mass is 19.1. The van der Waals surface area contributed by atoms with Crippen molar-refractivity contribution >= 4 is 16.9 Å². The monoisotopic (exact) mass is 277 g/mol. The Bertz CT molecular complexity index is 734.